The average Bonchev–Trinajstić information content (AvgIpc) is 2.65. The van der Waals surface area contributed by atoms with Gasteiger partial charge in [0.05, 0.1) is 0 Å². The predicted octanol–water partition coefficient (Wildman–Crippen LogP) is 6.15. The number of aromatic nitrogens is 1. The number of rotatable bonds is 2. The molecule has 0 saturated carbocycles. The van der Waals surface area contributed by atoms with E-state index in [1.54, 1.807) is 0 Å². The molecular weight excluding hydrogens is 290 g/mol. The Morgan fingerprint density at radius 3 is 1.75 bits per heavy atom. The first-order valence-corrected chi connectivity index (χ1v) is 8.14. The first kappa shape index (κ1) is 13.3. The van der Waals surface area contributed by atoms with Crippen LogP contribution in [0.1, 0.15) is 11.1 Å². The number of pyridine rings is 1. The molecule has 0 saturated heterocycles. The van der Waals surface area contributed by atoms with E-state index in [0.717, 1.165) is 5.56 Å². The van der Waals surface area contributed by atoms with Crippen molar-refractivity contribution in [1.29, 1.82) is 0 Å². The molecule has 0 aliphatic carbocycles. The molecule has 0 radical (unpaired) electrons. The number of hydrogen-bond donors (Lipinski definition) is 0. The van der Waals surface area contributed by atoms with E-state index in [1.165, 1.54) is 37.9 Å². The van der Waals surface area contributed by atoms with Crippen molar-refractivity contribution in [3.8, 4) is 0 Å². The van der Waals surface area contributed by atoms with Gasteiger partial charge in [0.25, 0.3) is 0 Å². The highest BCUT2D eigenvalue weighted by molar-refractivity contribution is 6.23. The zero-order valence-electron chi connectivity index (χ0n) is 13.1. The van der Waals surface area contributed by atoms with Crippen molar-refractivity contribution in [2.45, 2.75) is 0 Å². The zero-order valence-corrected chi connectivity index (χ0v) is 13.1. The summed E-state index contributed by atoms with van der Waals surface area (Å²) in [7, 11) is 0. The van der Waals surface area contributed by atoms with Gasteiger partial charge in [-0.2, -0.15) is 0 Å². The number of nitrogens with zero attached hydrogens (tertiary/aromatic N) is 1. The van der Waals surface area contributed by atoms with Crippen LogP contribution in [0.25, 0.3) is 44.5 Å². The lowest BCUT2D eigenvalue weighted by Crippen LogP contribution is -1.84. The van der Waals surface area contributed by atoms with E-state index < -0.39 is 0 Å². The summed E-state index contributed by atoms with van der Waals surface area (Å²) in [6.45, 7) is 0. The van der Waals surface area contributed by atoms with Gasteiger partial charge in [0, 0.05) is 12.4 Å². The van der Waals surface area contributed by atoms with E-state index in [1.807, 2.05) is 24.5 Å². The molecule has 0 aliphatic rings. The maximum absolute atomic E-state index is 4.06. The molecule has 0 unspecified atom stereocenters. The Morgan fingerprint density at radius 2 is 1.08 bits per heavy atom. The van der Waals surface area contributed by atoms with Crippen molar-refractivity contribution in [3.05, 3.63) is 90.3 Å². The molecule has 0 spiro atoms. The predicted molar refractivity (Wildman–Crippen MR) is 103 cm³/mol. The Bertz CT molecular complexity index is 1120. The molecule has 24 heavy (non-hydrogen) atoms. The molecular formula is C23H15N. The molecule has 0 N–H and O–H groups in total. The minimum atomic E-state index is 1.16. The molecule has 0 aliphatic heterocycles. The van der Waals surface area contributed by atoms with Gasteiger partial charge in [-0.1, -0.05) is 54.6 Å². The summed E-state index contributed by atoms with van der Waals surface area (Å²) in [5, 5.41) is 7.96. The summed E-state index contributed by atoms with van der Waals surface area (Å²) < 4.78 is 0. The standard InChI is InChI=1S/C23H15N/c1-2-18-6-8-20-14-17(5-4-16-10-12-24-13-11-16)15-21-9-7-19(3-1)22(18)23(20)21/h1-15H. The molecule has 5 aromatic rings. The Morgan fingerprint density at radius 1 is 0.542 bits per heavy atom. The normalized spacial score (nSPS) is 12.0. The third-order valence-corrected chi connectivity index (χ3v) is 4.66. The zero-order chi connectivity index (χ0) is 15.9. The molecule has 0 atom stereocenters. The molecule has 0 amide bonds. The molecule has 5 rings (SSSR count). The first-order chi connectivity index (χ1) is 11.9. The third-order valence-electron chi connectivity index (χ3n) is 4.66. The highest BCUT2D eigenvalue weighted by atomic mass is 14.6. The minimum absolute atomic E-state index is 1.16. The van der Waals surface area contributed by atoms with Gasteiger partial charge in [-0.05, 0) is 67.7 Å². The second kappa shape index (κ2) is 5.17. The topological polar surface area (TPSA) is 12.9 Å². The van der Waals surface area contributed by atoms with Crippen molar-refractivity contribution in [2.75, 3.05) is 0 Å². The quantitative estimate of drug-likeness (QED) is 0.356. The van der Waals surface area contributed by atoms with Crippen LogP contribution in [0.4, 0.5) is 0 Å². The van der Waals surface area contributed by atoms with Crippen LogP contribution in [0, 0.1) is 0 Å². The summed E-state index contributed by atoms with van der Waals surface area (Å²) in [5.41, 5.74) is 2.38. The average molecular weight is 305 g/mol. The molecule has 1 heterocycles. The van der Waals surface area contributed by atoms with E-state index in [2.05, 4.69) is 71.7 Å². The lowest BCUT2D eigenvalue weighted by atomic mass is 9.93. The van der Waals surface area contributed by atoms with E-state index in [4.69, 9.17) is 0 Å². The van der Waals surface area contributed by atoms with Gasteiger partial charge in [0.15, 0.2) is 0 Å². The summed E-state index contributed by atoms with van der Waals surface area (Å²) in [6.07, 6.45) is 7.94. The molecule has 0 bridgehead atoms. The Hall–Kier alpha value is -3.19. The monoisotopic (exact) mass is 305 g/mol. The van der Waals surface area contributed by atoms with Crippen LogP contribution < -0.4 is 0 Å². The highest BCUT2D eigenvalue weighted by Crippen LogP contribution is 2.35. The SMILES string of the molecule is C(=Cc1cc2ccc3cccc4ccc(c1)c2c34)c1ccncc1. The molecule has 4 aromatic carbocycles. The van der Waals surface area contributed by atoms with Crippen molar-refractivity contribution < 1.29 is 0 Å². The summed E-state index contributed by atoms with van der Waals surface area (Å²) in [6, 6.07) is 24.0. The lowest BCUT2D eigenvalue weighted by molar-refractivity contribution is 1.32. The smallest absolute Gasteiger partial charge is 0.0273 e. The number of benzene rings is 4. The van der Waals surface area contributed by atoms with Gasteiger partial charge >= 0.3 is 0 Å². The van der Waals surface area contributed by atoms with Crippen molar-refractivity contribution >= 4 is 44.5 Å². The van der Waals surface area contributed by atoms with E-state index in [0.29, 0.717) is 0 Å². The van der Waals surface area contributed by atoms with Crippen LogP contribution in [0.5, 0.6) is 0 Å². The van der Waals surface area contributed by atoms with Gasteiger partial charge in [0.2, 0.25) is 0 Å². The van der Waals surface area contributed by atoms with Crippen molar-refractivity contribution in [1.82, 2.24) is 4.98 Å². The maximum atomic E-state index is 4.06. The van der Waals surface area contributed by atoms with E-state index in [-0.39, 0.29) is 0 Å². The van der Waals surface area contributed by atoms with Gasteiger partial charge in [-0.3, -0.25) is 4.98 Å². The van der Waals surface area contributed by atoms with Gasteiger partial charge in [-0.25, -0.2) is 0 Å². The second-order valence-electron chi connectivity index (χ2n) is 6.17. The largest absolute Gasteiger partial charge is 0.265 e. The second-order valence-corrected chi connectivity index (χ2v) is 6.17. The van der Waals surface area contributed by atoms with Crippen molar-refractivity contribution in [3.63, 3.8) is 0 Å². The Labute approximate surface area is 140 Å². The van der Waals surface area contributed by atoms with Crippen LogP contribution in [-0.4, -0.2) is 4.98 Å². The van der Waals surface area contributed by atoms with Crippen LogP contribution in [-0.2, 0) is 0 Å². The van der Waals surface area contributed by atoms with Crippen LogP contribution in [0.3, 0.4) is 0 Å². The minimum Gasteiger partial charge on any atom is -0.265 e. The van der Waals surface area contributed by atoms with Crippen molar-refractivity contribution in [2.24, 2.45) is 0 Å². The maximum Gasteiger partial charge on any atom is 0.0273 e. The fraction of sp³-hybridized carbons (Fsp3) is 0. The van der Waals surface area contributed by atoms with Crippen LogP contribution in [0.15, 0.2) is 79.1 Å². The lowest BCUT2D eigenvalue weighted by Gasteiger charge is -2.11. The van der Waals surface area contributed by atoms with Crippen LogP contribution >= 0.6 is 0 Å². The highest BCUT2D eigenvalue weighted by Gasteiger charge is 2.08. The Kier molecular flexibility index (Phi) is 2.86. The van der Waals surface area contributed by atoms with Gasteiger partial charge in [0.1, 0.15) is 0 Å². The molecule has 112 valence electrons. The van der Waals surface area contributed by atoms with Crippen LogP contribution in [0.2, 0.25) is 0 Å². The summed E-state index contributed by atoms with van der Waals surface area (Å²) >= 11 is 0. The molecule has 1 heteroatoms. The molecule has 0 fully saturated rings. The fourth-order valence-electron chi connectivity index (χ4n) is 3.54. The molecule has 1 aromatic heterocycles. The molecule has 1 nitrogen and oxygen atoms in total. The fourth-order valence-corrected chi connectivity index (χ4v) is 3.54. The van der Waals surface area contributed by atoms with E-state index in [9.17, 15) is 0 Å². The van der Waals surface area contributed by atoms with Gasteiger partial charge in [-0.15, -0.1) is 0 Å². The van der Waals surface area contributed by atoms with Gasteiger partial charge < -0.3 is 0 Å². The van der Waals surface area contributed by atoms with E-state index >= 15 is 0 Å². The number of hydrogen-bond acceptors (Lipinski definition) is 1. The summed E-state index contributed by atoms with van der Waals surface area (Å²) in [5.74, 6) is 0. The third kappa shape index (κ3) is 2.06. The summed E-state index contributed by atoms with van der Waals surface area (Å²) in [4.78, 5) is 4.06. The Balaban J connectivity index is 1.73. The first-order valence-electron chi connectivity index (χ1n) is 8.14.